The molecule has 1 atom stereocenters. The van der Waals surface area contributed by atoms with Gasteiger partial charge in [-0.1, -0.05) is 24.3 Å². The number of carbonyl (C=O) groups excluding carboxylic acids is 1. The summed E-state index contributed by atoms with van der Waals surface area (Å²) in [5.41, 5.74) is 3.85. The summed E-state index contributed by atoms with van der Waals surface area (Å²) in [7, 11) is -1.53. The van der Waals surface area contributed by atoms with Crippen LogP contribution in [0.15, 0.2) is 65.6 Å². The Kier molecular flexibility index (Phi) is 5.53. The maximum Gasteiger partial charge on any atom is 0.355 e. The van der Waals surface area contributed by atoms with Crippen LogP contribution in [0.25, 0.3) is 0 Å². The fourth-order valence-corrected chi connectivity index (χ4v) is 5.79. The molecule has 0 aliphatic carbocycles. The summed E-state index contributed by atoms with van der Waals surface area (Å²) in [5.74, 6) is -0.244. The zero-order chi connectivity index (χ0) is 24.0. The Morgan fingerprint density at radius 1 is 1.09 bits per heavy atom. The van der Waals surface area contributed by atoms with Crippen LogP contribution in [0.4, 0.5) is 14.9 Å². The molecule has 7 nitrogen and oxygen atoms in total. The second-order valence-corrected chi connectivity index (χ2v) is 10.7. The van der Waals surface area contributed by atoms with Gasteiger partial charge in [-0.05, 0) is 67.1 Å². The van der Waals surface area contributed by atoms with E-state index in [1.54, 1.807) is 13.0 Å². The van der Waals surface area contributed by atoms with Crippen LogP contribution in [0.5, 0.6) is 5.75 Å². The lowest BCUT2D eigenvalue weighted by molar-refractivity contribution is -0.0120. The van der Waals surface area contributed by atoms with Crippen molar-refractivity contribution in [3.63, 3.8) is 0 Å². The topological polar surface area (TPSA) is 79.0 Å². The van der Waals surface area contributed by atoms with Crippen molar-refractivity contribution in [2.45, 2.75) is 36.7 Å². The van der Waals surface area contributed by atoms with Gasteiger partial charge in [0, 0.05) is 18.8 Å². The molecular formula is C25H24FN3O4S. The molecule has 2 heterocycles. The van der Waals surface area contributed by atoms with E-state index in [2.05, 4.69) is 10.2 Å². The summed E-state index contributed by atoms with van der Waals surface area (Å²) in [6.45, 7) is 3.35. The first-order chi connectivity index (χ1) is 16.2. The summed E-state index contributed by atoms with van der Waals surface area (Å²) in [4.78, 5) is 20.5. The lowest BCUT2D eigenvalue weighted by Crippen LogP contribution is -2.35. The zero-order valence-electron chi connectivity index (χ0n) is 18.8. The first-order valence-electron chi connectivity index (χ1n) is 10.9. The third-order valence-corrected chi connectivity index (χ3v) is 7.86. The van der Waals surface area contributed by atoms with Crippen molar-refractivity contribution in [3.05, 3.63) is 88.7 Å². The van der Waals surface area contributed by atoms with Crippen LogP contribution >= 0.6 is 0 Å². The fourth-order valence-electron chi connectivity index (χ4n) is 4.46. The number of rotatable bonds is 4. The standard InChI is InChI=1S/C25H24FN3O4S/c1-16-24-22(26)4-3-5-23(24)33-29(16)25(30)27-20-8-10-21(11-9-20)34(31,32)15-17-6-7-18-13-28(2)14-19(18)12-17/h3-12,16H,13-15H2,1-2H3,(H,27,30). The molecule has 5 rings (SSSR count). The van der Waals surface area contributed by atoms with Gasteiger partial charge in [0.05, 0.1) is 16.2 Å². The maximum atomic E-state index is 14.1. The number of fused-ring (bicyclic) bond motifs is 2. The number of nitrogens with zero attached hydrogens (tertiary/aromatic N) is 2. The van der Waals surface area contributed by atoms with Crippen LogP contribution in [-0.4, -0.2) is 31.5 Å². The minimum atomic E-state index is -3.56. The van der Waals surface area contributed by atoms with Crippen molar-refractivity contribution in [3.8, 4) is 5.75 Å². The summed E-state index contributed by atoms with van der Waals surface area (Å²) < 4.78 is 40.0. The molecule has 0 spiro atoms. The Morgan fingerprint density at radius 2 is 1.82 bits per heavy atom. The number of hydrogen-bond acceptors (Lipinski definition) is 5. The first-order valence-corrected chi connectivity index (χ1v) is 12.5. The third kappa shape index (κ3) is 4.12. The minimum absolute atomic E-state index is 0.0986. The molecule has 0 aromatic heterocycles. The van der Waals surface area contributed by atoms with Gasteiger partial charge in [-0.25, -0.2) is 17.6 Å². The molecule has 0 saturated heterocycles. The van der Waals surface area contributed by atoms with Crippen LogP contribution in [0.3, 0.4) is 0 Å². The number of amides is 2. The van der Waals surface area contributed by atoms with Crippen molar-refractivity contribution in [1.82, 2.24) is 9.96 Å². The molecule has 0 bridgehead atoms. The number of halogens is 1. The molecule has 9 heteroatoms. The highest BCUT2D eigenvalue weighted by Crippen LogP contribution is 2.39. The minimum Gasteiger partial charge on any atom is -0.374 e. The van der Waals surface area contributed by atoms with E-state index in [0.717, 1.165) is 29.3 Å². The van der Waals surface area contributed by atoms with E-state index < -0.39 is 27.7 Å². The van der Waals surface area contributed by atoms with E-state index in [9.17, 15) is 17.6 Å². The van der Waals surface area contributed by atoms with Crippen molar-refractivity contribution in [2.75, 3.05) is 12.4 Å². The van der Waals surface area contributed by atoms with Gasteiger partial charge in [0.1, 0.15) is 11.9 Å². The molecular weight excluding hydrogens is 457 g/mol. The summed E-state index contributed by atoms with van der Waals surface area (Å²) >= 11 is 0. The van der Waals surface area contributed by atoms with E-state index in [-0.39, 0.29) is 10.6 Å². The number of hydroxylamine groups is 2. The monoisotopic (exact) mass is 481 g/mol. The number of nitrogens with one attached hydrogen (secondary N) is 1. The second kappa shape index (κ2) is 8.41. The predicted octanol–water partition coefficient (Wildman–Crippen LogP) is 4.65. The Hall–Kier alpha value is -3.43. The zero-order valence-corrected chi connectivity index (χ0v) is 19.6. The lowest BCUT2D eigenvalue weighted by Gasteiger charge is -2.20. The van der Waals surface area contributed by atoms with Crippen molar-refractivity contribution < 1.29 is 22.4 Å². The molecule has 3 aromatic carbocycles. The van der Waals surface area contributed by atoms with Crippen LogP contribution in [-0.2, 0) is 28.7 Å². The number of hydrogen-bond donors (Lipinski definition) is 1. The number of sulfone groups is 1. The first kappa shape index (κ1) is 22.4. The average molecular weight is 482 g/mol. The molecule has 0 radical (unpaired) electrons. The quantitative estimate of drug-likeness (QED) is 0.587. The van der Waals surface area contributed by atoms with Crippen LogP contribution < -0.4 is 10.2 Å². The number of carbonyl (C=O) groups is 1. The largest absolute Gasteiger partial charge is 0.374 e. The molecule has 2 amide bonds. The van der Waals surface area contributed by atoms with E-state index >= 15 is 0 Å². The van der Waals surface area contributed by atoms with Gasteiger partial charge in [-0.15, -0.1) is 5.06 Å². The van der Waals surface area contributed by atoms with E-state index in [1.165, 1.54) is 42.0 Å². The van der Waals surface area contributed by atoms with Crippen LogP contribution in [0.1, 0.15) is 35.2 Å². The van der Waals surface area contributed by atoms with E-state index in [4.69, 9.17) is 4.84 Å². The Balaban J connectivity index is 1.26. The molecule has 3 aromatic rings. The maximum absolute atomic E-state index is 14.1. The lowest BCUT2D eigenvalue weighted by atomic mass is 10.1. The molecule has 176 valence electrons. The SMILES string of the molecule is CC1c2c(F)cccc2ON1C(=O)Nc1ccc(S(=O)(=O)Cc2ccc3c(c2)CN(C)C3)cc1. The van der Waals surface area contributed by atoms with Crippen molar-refractivity contribution >= 4 is 21.6 Å². The van der Waals surface area contributed by atoms with Gasteiger partial charge in [0.2, 0.25) is 0 Å². The van der Waals surface area contributed by atoms with E-state index in [0.29, 0.717) is 17.0 Å². The molecule has 1 unspecified atom stereocenters. The van der Waals surface area contributed by atoms with Gasteiger partial charge in [0.15, 0.2) is 15.6 Å². The summed E-state index contributed by atoms with van der Waals surface area (Å²) in [6.07, 6.45) is 0. The number of benzene rings is 3. The predicted molar refractivity (Wildman–Crippen MR) is 125 cm³/mol. The van der Waals surface area contributed by atoms with Gasteiger partial charge in [-0.2, -0.15) is 0 Å². The van der Waals surface area contributed by atoms with Crippen LogP contribution in [0.2, 0.25) is 0 Å². The Morgan fingerprint density at radius 3 is 2.56 bits per heavy atom. The number of urea groups is 1. The van der Waals surface area contributed by atoms with Gasteiger partial charge >= 0.3 is 6.03 Å². The highest BCUT2D eigenvalue weighted by atomic mass is 32.2. The molecule has 34 heavy (non-hydrogen) atoms. The highest BCUT2D eigenvalue weighted by molar-refractivity contribution is 7.90. The van der Waals surface area contributed by atoms with E-state index in [1.807, 2.05) is 25.2 Å². The molecule has 2 aliphatic rings. The highest BCUT2D eigenvalue weighted by Gasteiger charge is 2.35. The second-order valence-electron chi connectivity index (χ2n) is 8.73. The summed E-state index contributed by atoms with van der Waals surface area (Å²) in [6, 6.07) is 15.0. The Bertz CT molecular complexity index is 1380. The fraction of sp³-hybridized carbons (Fsp3) is 0.240. The van der Waals surface area contributed by atoms with Crippen molar-refractivity contribution in [1.29, 1.82) is 0 Å². The summed E-state index contributed by atoms with van der Waals surface area (Å²) in [5, 5.41) is 3.73. The van der Waals surface area contributed by atoms with Gasteiger partial charge < -0.3 is 10.2 Å². The normalized spacial score (nSPS) is 17.3. The Labute approximate surface area is 197 Å². The molecule has 0 saturated carbocycles. The number of anilines is 1. The van der Waals surface area contributed by atoms with Gasteiger partial charge in [0.25, 0.3) is 0 Å². The molecule has 1 N–H and O–H groups in total. The molecule has 2 aliphatic heterocycles. The van der Waals surface area contributed by atoms with Crippen molar-refractivity contribution in [2.24, 2.45) is 0 Å². The third-order valence-electron chi connectivity index (χ3n) is 6.15. The smallest absolute Gasteiger partial charge is 0.355 e. The molecule has 0 fully saturated rings. The average Bonchev–Trinajstić information content (AvgIpc) is 3.33. The van der Waals surface area contributed by atoms with Gasteiger partial charge in [-0.3, -0.25) is 4.90 Å². The van der Waals surface area contributed by atoms with Crippen LogP contribution in [0, 0.1) is 5.82 Å².